The molecule has 0 aliphatic rings. The molecule has 0 aromatic heterocycles. The SMILES string of the molecule is NS(=O)(=O)c1cc([N+](=O)[O-])ccc1I(=O)=O. The van der Waals surface area contributed by atoms with Crippen molar-refractivity contribution in [1.82, 2.24) is 0 Å². The molecule has 8 nitrogen and oxygen atoms in total. The van der Waals surface area contributed by atoms with Crippen LogP contribution in [0.3, 0.4) is 0 Å². The molecule has 0 saturated heterocycles. The molecule has 1 aromatic rings. The molecule has 0 unspecified atom stereocenters. The maximum Gasteiger partial charge on any atom is 0.342 e. The first-order valence-corrected chi connectivity index (χ1v) is 7.98. The molecule has 0 bridgehead atoms. The highest BCUT2D eigenvalue weighted by atomic mass is 127. The Labute approximate surface area is 96.8 Å². The van der Waals surface area contributed by atoms with E-state index >= 15 is 0 Å². The molecule has 16 heavy (non-hydrogen) atoms. The zero-order chi connectivity index (χ0) is 12.5. The number of hydrogen-bond donors (Lipinski definition) is 1. The van der Waals surface area contributed by atoms with E-state index in [-0.39, 0.29) is 0 Å². The van der Waals surface area contributed by atoms with Gasteiger partial charge < -0.3 is 0 Å². The Morgan fingerprint density at radius 2 is 1.88 bits per heavy atom. The molecule has 0 aliphatic heterocycles. The highest BCUT2D eigenvalue weighted by Gasteiger charge is 2.21. The van der Waals surface area contributed by atoms with Crippen molar-refractivity contribution in [3.05, 3.63) is 31.9 Å². The van der Waals surface area contributed by atoms with Gasteiger partial charge in [0.25, 0.3) is 5.69 Å². The monoisotopic (exact) mass is 360 g/mol. The molecular weight excluding hydrogens is 355 g/mol. The van der Waals surface area contributed by atoms with Crippen molar-refractivity contribution < 1.29 is 19.5 Å². The van der Waals surface area contributed by atoms with Gasteiger partial charge in [0.15, 0.2) is 0 Å². The van der Waals surface area contributed by atoms with Crippen LogP contribution in [0.15, 0.2) is 23.1 Å². The van der Waals surface area contributed by atoms with Gasteiger partial charge >= 0.3 is 19.8 Å². The van der Waals surface area contributed by atoms with Crippen molar-refractivity contribution in [2.45, 2.75) is 4.90 Å². The lowest BCUT2D eigenvalue weighted by Gasteiger charge is -2.00. The van der Waals surface area contributed by atoms with Crippen LogP contribution < -0.4 is 5.14 Å². The molecule has 0 aliphatic carbocycles. The van der Waals surface area contributed by atoms with Crippen molar-refractivity contribution in [1.29, 1.82) is 0 Å². The van der Waals surface area contributed by atoms with E-state index in [9.17, 15) is 24.7 Å². The van der Waals surface area contributed by atoms with Crippen LogP contribution in [0.25, 0.3) is 0 Å². The molecule has 0 fully saturated rings. The average Bonchev–Trinajstić information content (AvgIpc) is 2.15. The summed E-state index contributed by atoms with van der Waals surface area (Å²) in [7, 11) is -4.30. The second-order valence-electron chi connectivity index (χ2n) is 2.63. The fourth-order valence-electron chi connectivity index (χ4n) is 0.951. The summed E-state index contributed by atoms with van der Waals surface area (Å²) < 4.78 is 43.2. The largest absolute Gasteiger partial charge is 0.342 e. The van der Waals surface area contributed by atoms with E-state index in [1.54, 1.807) is 0 Å². The standard InChI is InChI=1S/C6H5IN2O6S/c8-16(14,15)6-3-4(9(12)13)1-2-5(6)7(10)11/h1-3H,(H2,8,14,15). The van der Waals surface area contributed by atoms with Crippen LogP contribution in [-0.4, -0.2) is 13.3 Å². The summed E-state index contributed by atoms with van der Waals surface area (Å²) in [4.78, 5) is 8.81. The van der Waals surface area contributed by atoms with Gasteiger partial charge in [-0.3, -0.25) is 10.1 Å². The van der Waals surface area contributed by atoms with Gasteiger partial charge in [-0.15, -0.1) is 0 Å². The van der Waals surface area contributed by atoms with Gasteiger partial charge in [-0.2, -0.15) is 0 Å². The molecule has 2 N–H and O–H groups in total. The van der Waals surface area contributed by atoms with Gasteiger partial charge in [-0.1, -0.05) is 0 Å². The number of sulfonamides is 1. The Balaban J connectivity index is 3.64. The first kappa shape index (κ1) is 12.9. The Kier molecular flexibility index (Phi) is 3.54. The summed E-state index contributed by atoms with van der Waals surface area (Å²) in [5, 5.41) is 15.1. The predicted octanol–water partition coefficient (Wildman–Crippen LogP) is 0.609. The summed E-state index contributed by atoms with van der Waals surface area (Å²) in [5.74, 6) is 0. The number of hydrogen-bond acceptors (Lipinski definition) is 6. The molecule has 0 radical (unpaired) electrons. The quantitative estimate of drug-likeness (QED) is 0.476. The summed E-state index contributed by atoms with van der Waals surface area (Å²) in [5.41, 5.74) is -0.537. The van der Waals surface area contributed by atoms with E-state index in [0.717, 1.165) is 12.1 Å². The summed E-state index contributed by atoms with van der Waals surface area (Å²) in [6.45, 7) is 0. The smallest absolute Gasteiger partial charge is 0.258 e. The zero-order valence-corrected chi connectivity index (χ0v) is 10.5. The maximum atomic E-state index is 11.0. The number of nitro benzene ring substituents is 1. The minimum Gasteiger partial charge on any atom is -0.258 e. The van der Waals surface area contributed by atoms with Gasteiger partial charge in [0.1, 0.15) is 4.90 Å². The number of benzene rings is 1. The molecule has 0 atom stereocenters. The van der Waals surface area contributed by atoms with Gasteiger partial charge in [0.05, 0.1) is 8.49 Å². The van der Waals surface area contributed by atoms with E-state index in [1.165, 1.54) is 0 Å². The third-order valence-electron chi connectivity index (χ3n) is 1.60. The van der Waals surface area contributed by atoms with E-state index in [4.69, 9.17) is 5.14 Å². The fourth-order valence-corrected chi connectivity index (χ4v) is 3.98. The van der Waals surface area contributed by atoms with Crippen molar-refractivity contribution in [2.24, 2.45) is 5.14 Å². The summed E-state index contributed by atoms with van der Waals surface area (Å²) in [6, 6.07) is 2.40. The third kappa shape index (κ3) is 2.70. The summed E-state index contributed by atoms with van der Waals surface area (Å²) in [6.07, 6.45) is 0. The molecule has 10 heteroatoms. The Hall–Kier alpha value is -1.14. The molecule has 0 spiro atoms. The molecular formula is C6H5IN2O6S. The number of nitro groups is 1. The molecule has 0 heterocycles. The predicted molar refractivity (Wildman–Crippen MR) is 58.6 cm³/mol. The zero-order valence-electron chi connectivity index (χ0n) is 7.49. The average molecular weight is 360 g/mol. The first-order valence-electron chi connectivity index (χ1n) is 3.60. The van der Waals surface area contributed by atoms with Crippen LogP contribution >= 0.6 is 19.8 Å². The maximum absolute atomic E-state index is 11.0. The Bertz CT molecular complexity index is 612. The number of nitrogens with two attached hydrogens (primary N) is 1. The van der Waals surface area contributed by atoms with Crippen LogP contribution in [0.2, 0.25) is 0 Å². The lowest BCUT2D eigenvalue weighted by molar-refractivity contribution is -0.385. The lowest BCUT2D eigenvalue weighted by Crippen LogP contribution is -2.14. The van der Waals surface area contributed by atoms with Crippen molar-refractivity contribution in [3.63, 3.8) is 0 Å². The van der Waals surface area contributed by atoms with Gasteiger partial charge in [0, 0.05) is 12.1 Å². The molecule has 1 rings (SSSR count). The van der Waals surface area contributed by atoms with Crippen LogP contribution in [0.5, 0.6) is 0 Å². The Morgan fingerprint density at radius 3 is 2.25 bits per heavy atom. The number of primary sulfonamides is 1. The van der Waals surface area contributed by atoms with E-state index in [2.05, 4.69) is 0 Å². The molecule has 1 aromatic carbocycles. The van der Waals surface area contributed by atoms with Crippen LogP contribution in [0, 0.1) is 13.7 Å². The third-order valence-corrected chi connectivity index (χ3v) is 4.80. The highest BCUT2D eigenvalue weighted by molar-refractivity contribution is 14.2. The minimum absolute atomic E-state index is 0.475. The summed E-state index contributed by atoms with van der Waals surface area (Å²) >= 11 is -4.07. The normalized spacial score (nSPS) is 11.6. The van der Waals surface area contributed by atoms with Crippen LogP contribution in [0.1, 0.15) is 0 Å². The molecule has 0 saturated carbocycles. The topological polar surface area (TPSA) is 137 Å². The molecule has 88 valence electrons. The van der Waals surface area contributed by atoms with E-state index in [1.807, 2.05) is 0 Å². The number of halogens is 1. The van der Waals surface area contributed by atoms with Crippen LogP contribution in [-0.2, 0) is 16.2 Å². The number of nitrogens with zero attached hydrogens (tertiary/aromatic N) is 1. The second-order valence-corrected chi connectivity index (χ2v) is 6.57. The van der Waals surface area contributed by atoms with Crippen molar-refractivity contribution in [3.8, 4) is 0 Å². The van der Waals surface area contributed by atoms with Crippen molar-refractivity contribution in [2.75, 3.05) is 0 Å². The van der Waals surface area contributed by atoms with Gasteiger partial charge in [-0.25, -0.2) is 19.7 Å². The fraction of sp³-hybridized carbons (Fsp3) is 0. The molecule has 0 amide bonds. The lowest BCUT2D eigenvalue weighted by atomic mass is 10.3. The van der Waals surface area contributed by atoms with Gasteiger partial charge in [0.2, 0.25) is 10.0 Å². The van der Waals surface area contributed by atoms with E-state index in [0.29, 0.717) is 6.07 Å². The van der Waals surface area contributed by atoms with E-state index < -0.39 is 48.9 Å². The number of rotatable bonds is 3. The Morgan fingerprint density at radius 1 is 1.31 bits per heavy atom. The van der Waals surface area contributed by atoms with Gasteiger partial charge in [-0.05, 0) is 6.07 Å². The highest BCUT2D eigenvalue weighted by Crippen LogP contribution is 2.28. The number of non-ortho nitro benzene ring substituents is 1. The van der Waals surface area contributed by atoms with Crippen molar-refractivity contribution >= 4 is 35.5 Å². The first-order chi connectivity index (χ1) is 7.23. The minimum atomic E-state index is -4.30. The second kappa shape index (κ2) is 4.39. The van der Waals surface area contributed by atoms with Crippen LogP contribution in [0.4, 0.5) is 5.69 Å².